The zero-order valence-electron chi connectivity index (χ0n) is 14.7. The van der Waals surface area contributed by atoms with Crippen LogP contribution in [0.25, 0.3) is 0 Å². The Balaban J connectivity index is 1.43. The molecule has 1 aromatic carbocycles. The molecule has 0 unspecified atom stereocenters. The minimum Gasteiger partial charge on any atom is -0.383 e. The summed E-state index contributed by atoms with van der Waals surface area (Å²) in [5.74, 6) is -1.86. The van der Waals surface area contributed by atoms with Gasteiger partial charge in [-0.3, -0.25) is 9.59 Å². The summed E-state index contributed by atoms with van der Waals surface area (Å²) in [6.45, 7) is -1.26. The molecule has 3 atom stereocenters. The number of nitrogens with zero attached hydrogens (tertiary/aromatic N) is 2. The maximum Gasteiger partial charge on any atom is 0.265 e. The monoisotopic (exact) mass is 382 g/mol. The van der Waals surface area contributed by atoms with Crippen molar-refractivity contribution < 1.29 is 27.9 Å². The third-order valence-corrected chi connectivity index (χ3v) is 5.74. The van der Waals surface area contributed by atoms with Gasteiger partial charge in [-0.15, -0.1) is 0 Å². The molecule has 0 radical (unpaired) electrons. The number of benzene rings is 1. The van der Waals surface area contributed by atoms with Gasteiger partial charge in [-0.1, -0.05) is 12.1 Å². The second kappa shape index (κ2) is 6.22. The number of carbonyl (C=O) groups is 2. The lowest BCUT2D eigenvalue weighted by Crippen LogP contribution is -2.48. The van der Waals surface area contributed by atoms with Crippen LogP contribution < -0.4 is 0 Å². The Hall–Kier alpha value is -2.09. The summed E-state index contributed by atoms with van der Waals surface area (Å²) >= 11 is 0. The van der Waals surface area contributed by atoms with E-state index in [4.69, 9.17) is 0 Å². The van der Waals surface area contributed by atoms with Crippen molar-refractivity contribution in [3.05, 3.63) is 35.6 Å². The van der Waals surface area contributed by atoms with Crippen LogP contribution in [0.15, 0.2) is 24.3 Å². The van der Waals surface area contributed by atoms with Gasteiger partial charge in [-0.05, 0) is 36.5 Å². The molecular weight excluding hydrogens is 361 g/mol. The van der Waals surface area contributed by atoms with Gasteiger partial charge in [0.15, 0.2) is 5.67 Å². The molecule has 1 saturated carbocycles. The Morgan fingerprint density at radius 1 is 1.19 bits per heavy atom. The Bertz CT molecular complexity index is 770. The number of halogens is 3. The summed E-state index contributed by atoms with van der Waals surface area (Å²) in [5, 5.41) is 10.2. The van der Waals surface area contributed by atoms with E-state index in [0.29, 0.717) is 18.0 Å². The molecule has 5 nitrogen and oxygen atoms in total. The molecule has 3 aliphatic rings. The number of hydrogen-bond acceptors (Lipinski definition) is 3. The summed E-state index contributed by atoms with van der Waals surface area (Å²) in [5.41, 5.74) is -4.69. The molecule has 1 aromatic rings. The predicted octanol–water partition coefficient (Wildman–Crippen LogP) is 1.24. The summed E-state index contributed by atoms with van der Waals surface area (Å²) in [6.07, 6.45) is 0.306. The smallest absolute Gasteiger partial charge is 0.265 e. The van der Waals surface area contributed by atoms with Gasteiger partial charge in [0.1, 0.15) is 11.9 Å². The number of alkyl halides is 2. The summed E-state index contributed by atoms with van der Waals surface area (Å²) in [7, 11) is 0. The Morgan fingerprint density at radius 2 is 1.85 bits per heavy atom. The van der Waals surface area contributed by atoms with Crippen LogP contribution in [0.4, 0.5) is 13.2 Å². The maximum absolute atomic E-state index is 15.3. The van der Waals surface area contributed by atoms with Gasteiger partial charge in [0.25, 0.3) is 11.8 Å². The standard InChI is InChI=1S/C19H21F3N2O3/c20-14-5-3-12(4-6-14)7-15(25)16(26)24-10-18(21)9-23(8-13-1-2-13)17(27)19(18,22)11-24/h3-6,13,15,25H,1-2,7-11H2/t15-,18-,19-/m0/s1. The number of fused-ring (bicyclic) bond motifs is 1. The minimum atomic E-state index is -2.76. The van der Waals surface area contributed by atoms with E-state index in [9.17, 15) is 19.1 Å². The first kappa shape index (κ1) is 18.3. The van der Waals surface area contributed by atoms with E-state index in [1.165, 1.54) is 29.2 Å². The summed E-state index contributed by atoms with van der Waals surface area (Å²) < 4.78 is 43.4. The summed E-state index contributed by atoms with van der Waals surface area (Å²) in [6, 6.07) is 5.26. The van der Waals surface area contributed by atoms with E-state index >= 15 is 8.78 Å². The van der Waals surface area contributed by atoms with E-state index in [-0.39, 0.29) is 13.0 Å². The Labute approximate surface area is 154 Å². The van der Waals surface area contributed by atoms with Crippen molar-refractivity contribution in [1.29, 1.82) is 0 Å². The van der Waals surface area contributed by atoms with Crippen molar-refractivity contribution in [3.8, 4) is 0 Å². The van der Waals surface area contributed by atoms with E-state index < -0.39 is 48.2 Å². The van der Waals surface area contributed by atoms with Crippen molar-refractivity contribution in [2.75, 3.05) is 26.2 Å². The average molecular weight is 382 g/mol. The third-order valence-electron chi connectivity index (χ3n) is 5.74. The SMILES string of the molecule is O=C([C@@H](O)Cc1ccc(F)cc1)N1C[C@@]2(F)CN(CC3CC3)C(=O)[C@@]2(F)C1. The molecule has 4 rings (SSSR count). The van der Waals surface area contributed by atoms with Crippen LogP contribution in [0.5, 0.6) is 0 Å². The molecule has 2 heterocycles. The Kier molecular flexibility index (Phi) is 4.21. The van der Waals surface area contributed by atoms with Crippen molar-refractivity contribution in [2.24, 2.45) is 5.92 Å². The van der Waals surface area contributed by atoms with Gasteiger partial charge in [-0.2, -0.15) is 0 Å². The molecule has 0 bridgehead atoms. The first-order valence-corrected chi connectivity index (χ1v) is 9.10. The number of carbonyl (C=O) groups excluding carboxylic acids is 2. The number of aliphatic hydroxyl groups is 1. The lowest BCUT2D eigenvalue weighted by molar-refractivity contribution is -0.142. The second-order valence-corrected chi connectivity index (χ2v) is 7.94. The summed E-state index contributed by atoms with van der Waals surface area (Å²) in [4.78, 5) is 27.0. The highest BCUT2D eigenvalue weighted by Gasteiger charge is 2.72. The Morgan fingerprint density at radius 3 is 2.44 bits per heavy atom. The highest BCUT2D eigenvalue weighted by molar-refractivity contribution is 5.93. The molecule has 3 fully saturated rings. The highest BCUT2D eigenvalue weighted by Crippen LogP contribution is 2.46. The van der Waals surface area contributed by atoms with Crippen molar-refractivity contribution >= 4 is 11.8 Å². The van der Waals surface area contributed by atoms with E-state index in [0.717, 1.165) is 17.7 Å². The quantitative estimate of drug-likeness (QED) is 0.834. The number of aliphatic hydroxyl groups excluding tert-OH is 1. The minimum absolute atomic E-state index is 0.101. The molecule has 0 aromatic heterocycles. The van der Waals surface area contributed by atoms with Crippen LogP contribution in [0.3, 0.4) is 0 Å². The number of hydrogen-bond donors (Lipinski definition) is 1. The number of likely N-dealkylation sites (tertiary alicyclic amines) is 2. The topological polar surface area (TPSA) is 60.9 Å². The molecule has 146 valence electrons. The average Bonchev–Trinajstić information content (AvgIpc) is 3.36. The zero-order valence-corrected chi connectivity index (χ0v) is 14.7. The first-order valence-electron chi connectivity index (χ1n) is 9.10. The predicted molar refractivity (Wildman–Crippen MR) is 89.7 cm³/mol. The number of rotatable bonds is 5. The zero-order chi connectivity index (χ0) is 19.4. The molecule has 1 N–H and O–H groups in total. The van der Waals surface area contributed by atoms with Crippen molar-refractivity contribution in [3.63, 3.8) is 0 Å². The van der Waals surface area contributed by atoms with Gasteiger partial charge >= 0.3 is 0 Å². The fraction of sp³-hybridized carbons (Fsp3) is 0.579. The fourth-order valence-electron chi connectivity index (χ4n) is 4.01. The number of amides is 2. The molecule has 2 amide bonds. The van der Waals surface area contributed by atoms with Crippen molar-refractivity contribution in [2.45, 2.75) is 36.7 Å². The van der Waals surface area contributed by atoms with Crippen molar-refractivity contribution in [1.82, 2.24) is 9.80 Å². The third kappa shape index (κ3) is 3.09. The molecule has 27 heavy (non-hydrogen) atoms. The normalized spacial score (nSPS) is 31.3. The van der Waals surface area contributed by atoms with Gasteiger partial charge in [0, 0.05) is 13.0 Å². The lowest BCUT2D eigenvalue weighted by atomic mass is 9.93. The van der Waals surface area contributed by atoms with Crippen LogP contribution in [0.1, 0.15) is 18.4 Å². The van der Waals surface area contributed by atoms with E-state index in [2.05, 4.69) is 0 Å². The van der Waals surface area contributed by atoms with E-state index in [1.54, 1.807) is 0 Å². The van der Waals surface area contributed by atoms with E-state index in [1.807, 2.05) is 0 Å². The lowest BCUT2D eigenvalue weighted by Gasteiger charge is -2.24. The van der Waals surface area contributed by atoms with Crippen LogP contribution in [0.2, 0.25) is 0 Å². The van der Waals surface area contributed by atoms with Crippen LogP contribution in [0, 0.1) is 11.7 Å². The molecule has 1 aliphatic carbocycles. The molecule has 8 heteroatoms. The maximum atomic E-state index is 15.3. The fourth-order valence-corrected chi connectivity index (χ4v) is 4.01. The second-order valence-electron chi connectivity index (χ2n) is 7.94. The largest absolute Gasteiger partial charge is 0.383 e. The van der Waals surface area contributed by atoms with Gasteiger partial charge in [0.05, 0.1) is 19.6 Å². The van der Waals surface area contributed by atoms with Gasteiger partial charge < -0.3 is 14.9 Å². The van der Waals surface area contributed by atoms with Gasteiger partial charge in [0.2, 0.25) is 5.67 Å². The highest BCUT2D eigenvalue weighted by atomic mass is 19.2. The van der Waals surface area contributed by atoms with Crippen LogP contribution in [-0.2, 0) is 16.0 Å². The first-order chi connectivity index (χ1) is 12.7. The van der Waals surface area contributed by atoms with Crippen LogP contribution in [-0.4, -0.2) is 70.3 Å². The molecular formula is C19H21F3N2O3. The molecule has 2 aliphatic heterocycles. The molecule has 2 saturated heterocycles. The molecule has 0 spiro atoms. The van der Waals surface area contributed by atoms with Gasteiger partial charge in [-0.25, -0.2) is 13.2 Å². The van der Waals surface area contributed by atoms with Crippen LogP contribution >= 0.6 is 0 Å².